The first-order valence-corrected chi connectivity index (χ1v) is 8.50. The minimum absolute atomic E-state index is 0.679. The van der Waals surface area contributed by atoms with Crippen LogP contribution in [0.5, 0.6) is 0 Å². The lowest BCUT2D eigenvalue weighted by molar-refractivity contribution is 0.286. The van der Waals surface area contributed by atoms with Gasteiger partial charge in [0.25, 0.3) is 0 Å². The molecule has 1 heteroatoms. The summed E-state index contributed by atoms with van der Waals surface area (Å²) >= 11 is 0. The molecular formula is C20H28O. The van der Waals surface area contributed by atoms with E-state index in [2.05, 4.69) is 37.4 Å². The number of benzene rings is 1. The largest absolute Gasteiger partial charge is 0.481 e. The Bertz CT molecular complexity index is 495. The van der Waals surface area contributed by atoms with E-state index in [0.717, 1.165) is 5.76 Å². The normalized spacial score (nSPS) is 12.9. The highest BCUT2D eigenvalue weighted by molar-refractivity contribution is 5.65. The molecular weight excluding hydrogens is 256 g/mol. The Balaban J connectivity index is 1.67. The van der Waals surface area contributed by atoms with Crippen LogP contribution in [0.2, 0.25) is 0 Å². The van der Waals surface area contributed by atoms with Crippen LogP contribution in [0.15, 0.2) is 30.5 Å². The van der Waals surface area contributed by atoms with Gasteiger partial charge in [-0.2, -0.15) is 0 Å². The molecule has 1 heterocycles. The fourth-order valence-electron chi connectivity index (χ4n) is 2.98. The minimum Gasteiger partial charge on any atom is -0.481 e. The van der Waals surface area contributed by atoms with E-state index in [4.69, 9.17) is 4.74 Å². The highest BCUT2D eigenvalue weighted by Gasteiger charge is 2.16. The zero-order valence-corrected chi connectivity index (χ0v) is 13.4. The number of aryl methyl sites for hydroxylation is 1. The average molecular weight is 284 g/mol. The van der Waals surface area contributed by atoms with Crippen molar-refractivity contribution in [2.24, 2.45) is 0 Å². The van der Waals surface area contributed by atoms with E-state index in [1.165, 1.54) is 74.5 Å². The van der Waals surface area contributed by atoms with Gasteiger partial charge in [-0.3, -0.25) is 0 Å². The van der Waals surface area contributed by atoms with Gasteiger partial charge in [-0.15, -0.1) is 0 Å². The second kappa shape index (κ2) is 8.74. The van der Waals surface area contributed by atoms with E-state index in [0.29, 0.717) is 6.61 Å². The van der Waals surface area contributed by atoms with E-state index in [1.54, 1.807) is 0 Å². The van der Waals surface area contributed by atoms with Crippen molar-refractivity contribution in [3.05, 3.63) is 47.2 Å². The van der Waals surface area contributed by atoms with Gasteiger partial charge in [-0.25, -0.2) is 0 Å². The van der Waals surface area contributed by atoms with Gasteiger partial charge in [-0.05, 0) is 24.5 Å². The first-order valence-electron chi connectivity index (χ1n) is 8.50. The molecule has 0 fully saturated rings. The average Bonchev–Trinajstić information content (AvgIpc) is 2.92. The van der Waals surface area contributed by atoms with E-state index < -0.39 is 0 Å². The van der Waals surface area contributed by atoms with Gasteiger partial charge >= 0.3 is 0 Å². The third-order valence-electron chi connectivity index (χ3n) is 4.27. The molecule has 1 nitrogen and oxygen atoms in total. The predicted octanol–water partition coefficient (Wildman–Crippen LogP) is 6.03. The van der Waals surface area contributed by atoms with E-state index in [1.807, 2.05) is 0 Å². The molecule has 0 radical (unpaired) electrons. The van der Waals surface area contributed by atoms with E-state index in [-0.39, 0.29) is 0 Å². The van der Waals surface area contributed by atoms with Crippen LogP contribution in [0.1, 0.15) is 75.0 Å². The summed E-state index contributed by atoms with van der Waals surface area (Å²) in [7, 11) is 0. The molecule has 0 atom stereocenters. The highest BCUT2D eigenvalue weighted by atomic mass is 16.5. The monoisotopic (exact) mass is 284 g/mol. The molecule has 0 N–H and O–H groups in total. The summed E-state index contributed by atoms with van der Waals surface area (Å²) in [6.45, 7) is 6.63. The Morgan fingerprint density at radius 2 is 1.76 bits per heavy atom. The number of rotatable bonds is 9. The van der Waals surface area contributed by atoms with Crippen molar-refractivity contribution in [3.63, 3.8) is 0 Å². The summed E-state index contributed by atoms with van der Waals surface area (Å²) in [5.74, 6) is 0.809. The standard InChI is InChI=1S/C20H28O/c1-3-5-6-7-8-9-10-11-12-17-13-14-19-18(15-17)16-21-20(19)4-2/h13-15H,2-3,5-12,16H2,1H3. The summed E-state index contributed by atoms with van der Waals surface area (Å²) in [4.78, 5) is 0. The smallest absolute Gasteiger partial charge is 0.169 e. The molecule has 114 valence electrons. The third-order valence-corrected chi connectivity index (χ3v) is 4.27. The molecule has 0 saturated heterocycles. The number of hydrogen-bond acceptors (Lipinski definition) is 1. The van der Waals surface area contributed by atoms with Gasteiger partial charge in [0, 0.05) is 11.1 Å². The predicted molar refractivity (Wildman–Crippen MR) is 90.1 cm³/mol. The van der Waals surface area contributed by atoms with Crippen LogP contribution in [-0.2, 0) is 17.8 Å². The van der Waals surface area contributed by atoms with Crippen LogP contribution in [0.3, 0.4) is 0 Å². The number of fused-ring (bicyclic) bond motifs is 1. The fourth-order valence-corrected chi connectivity index (χ4v) is 2.98. The molecule has 0 unspecified atom stereocenters. The maximum Gasteiger partial charge on any atom is 0.169 e. The van der Waals surface area contributed by atoms with Crippen LogP contribution in [-0.4, -0.2) is 0 Å². The lowest BCUT2D eigenvalue weighted by atomic mass is 10.00. The number of ether oxygens (including phenoxy) is 1. The Hall–Kier alpha value is -1.46. The molecule has 0 aromatic heterocycles. The molecule has 0 bridgehead atoms. The maximum atomic E-state index is 5.56. The zero-order chi connectivity index (χ0) is 14.9. The Kier molecular flexibility index (Phi) is 6.63. The zero-order valence-electron chi connectivity index (χ0n) is 13.4. The SMILES string of the molecule is C=C=C1OCc2cc(CCCCCCCCCC)ccc21. The molecule has 0 amide bonds. The van der Waals surface area contributed by atoms with Crippen molar-refractivity contribution in [1.29, 1.82) is 0 Å². The van der Waals surface area contributed by atoms with Crippen LogP contribution < -0.4 is 0 Å². The van der Waals surface area contributed by atoms with Crippen molar-refractivity contribution >= 4 is 5.76 Å². The summed E-state index contributed by atoms with van der Waals surface area (Å²) in [6, 6.07) is 6.68. The van der Waals surface area contributed by atoms with Crippen molar-refractivity contribution in [2.75, 3.05) is 0 Å². The Morgan fingerprint density at radius 1 is 1.05 bits per heavy atom. The van der Waals surface area contributed by atoms with Crippen LogP contribution >= 0.6 is 0 Å². The Labute approximate surface area is 129 Å². The number of unbranched alkanes of at least 4 members (excludes halogenated alkanes) is 7. The molecule has 0 saturated carbocycles. The van der Waals surface area contributed by atoms with Crippen molar-refractivity contribution in [1.82, 2.24) is 0 Å². The van der Waals surface area contributed by atoms with Gasteiger partial charge in [0.2, 0.25) is 0 Å². The van der Waals surface area contributed by atoms with Crippen molar-refractivity contribution in [2.45, 2.75) is 71.3 Å². The minimum atomic E-state index is 0.679. The molecule has 1 aromatic rings. The molecule has 21 heavy (non-hydrogen) atoms. The second-order valence-corrected chi connectivity index (χ2v) is 6.01. The quantitative estimate of drug-likeness (QED) is 0.397. The lowest BCUT2D eigenvalue weighted by Gasteiger charge is -2.04. The van der Waals surface area contributed by atoms with Crippen LogP contribution in [0.25, 0.3) is 5.76 Å². The molecule has 1 aromatic carbocycles. The molecule has 1 aliphatic heterocycles. The van der Waals surface area contributed by atoms with E-state index in [9.17, 15) is 0 Å². The first kappa shape index (κ1) is 15.9. The van der Waals surface area contributed by atoms with Gasteiger partial charge in [0.1, 0.15) is 6.61 Å². The van der Waals surface area contributed by atoms with Crippen molar-refractivity contribution in [3.8, 4) is 0 Å². The van der Waals surface area contributed by atoms with Gasteiger partial charge in [0.15, 0.2) is 5.76 Å². The van der Waals surface area contributed by atoms with E-state index >= 15 is 0 Å². The second-order valence-electron chi connectivity index (χ2n) is 6.01. The highest BCUT2D eigenvalue weighted by Crippen LogP contribution is 2.29. The molecule has 1 aliphatic rings. The van der Waals surface area contributed by atoms with Gasteiger partial charge in [-0.1, -0.05) is 76.3 Å². The molecule has 2 rings (SSSR count). The summed E-state index contributed by atoms with van der Waals surface area (Å²) in [6.07, 6.45) is 12.2. The lowest BCUT2D eigenvalue weighted by Crippen LogP contribution is -1.90. The van der Waals surface area contributed by atoms with Crippen LogP contribution in [0, 0.1) is 0 Å². The summed E-state index contributed by atoms with van der Waals surface area (Å²) in [5.41, 5.74) is 6.76. The summed E-state index contributed by atoms with van der Waals surface area (Å²) < 4.78 is 5.56. The van der Waals surface area contributed by atoms with Crippen LogP contribution in [0.4, 0.5) is 0 Å². The third kappa shape index (κ3) is 4.79. The number of hydrogen-bond donors (Lipinski definition) is 0. The summed E-state index contributed by atoms with van der Waals surface area (Å²) in [5, 5.41) is 0. The molecule has 0 spiro atoms. The maximum absolute atomic E-state index is 5.56. The first-order chi connectivity index (χ1) is 10.3. The fraction of sp³-hybridized carbons (Fsp3) is 0.550. The van der Waals surface area contributed by atoms with Gasteiger partial charge < -0.3 is 4.74 Å². The topological polar surface area (TPSA) is 9.23 Å². The molecule has 0 aliphatic carbocycles. The Morgan fingerprint density at radius 3 is 2.48 bits per heavy atom. The van der Waals surface area contributed by atoms with Crippen molar-refractivity contribution < 1.29 is 4.74 Å². The van der Waals surface area contributed by atoms with Gasteiger partial charge in [0.05, 0.1) is 0 Å².